The van der Waals surface area contributed by atoms with Crippen molar-refractivity contribution in [2.75, 3.05) is 25.2 Å². The highest BCUT2D eigenvalue weighted by Crippen LogP contribution is 2.41. The molecule has 1 amide bonds. The second-order valence-corrected chi connectivity index (χ2v) is 13.7. The van der Waals surface area contributed by atoms with Crippen LogP contribution < -0.4 is 15.4 Å². The van der Waals surface area contributed by atoms with E-state index in [4.69, 9.17) is 16.3 Å². The Morgan fingerprint density at radius 2 is 1.85 bits per heavy atom. The zero-order chi connectivity index (χ0) is 29.9. The molecule has 2 N–H and O–H groups in total. The number of alkyl halides is 3. The molecule has 228 valence electrons. The van der Waals surface area contributed by atoms with Gasteiger partial charge < -0.3 is 15.4 Å². The summed E-state index contributed by atoms with van der Waals surface area (Å²) in [5, 5.41) is 10.0. The van der Waals surface area contributed by atoms with E-state index in [0.717, 1.165) is 0 Å². The Balaban J connectivity index is 1.50. The van der Waals surface area contributed by atoms with E-state index in [1.165, 1.54) is 25.6 Å². The Morgan fingerprint density at radius 3 is 2.46 bits per heavy atom. The minimum absolute atomic E-state index is 0.0350. The highest BCUT2D eigenvalue weighted by molar-refractivity contribution is 7.91. The van der Waals surface area contributed by atoms with Crippen LogP contribution in [-0.4, -0.2) is 66.5 Å². The van der Waals surface area contributed by atoms with Gasteiger partial charge in [-0.3, -0.25) is 9.48 Å². The van der Waals surface area contributed by atoms with Crippen molar-refractivity contribution in [3.8, 4) is 17.0 Å². The van der Waals surface area contributed by atoms with E-state index in [-0.39, 0.29) is 34.1 Å². The lowest BCUT2D eigenvalue weighted by atomic mass is 9.84. The Kier molecular flexibility index (Phi) is 9.77. The molecule has 41 heavy (non-hydrogen) atoms. The van der Waals surface area contributed by atoms with Gasteiger partial charge in [-0.15, -0.1) is 0 Å². The topological polar surface area (TPSA) is 115 Å². The number of anilines is 1. The van der Waals surface area contributed by atoms with Gasteiger partial charge in [-0.1, -0.05) is 24.4 Å². The lowest BCUT2D eigenvalue weighted by molar-refractivity contribution is -0.184. The van der Waals surface area contributed by atoms with E-state index in [9.17, 15) is 26.4 Å². The summed E-state index contributed by atoms with van der Waals surface area (Å²) in [5.41, 5.74) is 0.897. The molecule has 0 aromatic carbocycles. The number of halogens is 4. The molecule has 0 bridgehead atoms. The molecule has 0 aliphatic heterocycles. The highest BCUT2D eigenvalue weighted by Gasteiger charge is 2.45. The molecule has 2 heterocycles. The number of methoxy groups -OCH3 is 1. The van der Waals surface area contributed by atoms with Gasteiger partial charge in [-0.25, -0.2) is 13.4 Å². The molecule has 0 saturated heterocycles. The number of carbonyl (C=O) groups excluding carboxylic acids is 1. The lowest BCUT2D eigenvalue weighted by Crippen LogP contribution is -2.41. The van der Waals surface area contributed by atoms with Crippen LogP contribution in [-0.2, 0) is 16.4 Å². The molecule has 0 spiro atoms. The molecule has 4 rings (SSSR count). The third-order valence-corrected chi connectivity index (χ3v) is 10.3. The summed E-state index contributed by atoms with van der Waals surface area (Å²) in [7, 11) is -1.63. The smallest absolute Gasteiger partial charge is 0.393 e. The van der Waals surface area contributed by atoms with Crippen LogP contribution in [0.3, 0.4) is 0 Å². The van der Waals surface area contributed by atoms with Crippen LogP contribution in [0.1, 0.15) is 68.8 Å². The van der Waals surface area contributed by atoms with Crippen molar-refractivity contribution in [3.63, 3.8) is 0 Å². The first kappa shape index (κ1) is 31.4. The third kappa shape index (κ3) is 7.28. The summed E-state index contributed by atoms with van der Waals surface area (Å²) in [6.07, 6.45) is 2.69. The van der Waals surface area contributed by atoms with Crippen LogP contribution in [0.15, 0.2) is 12.3 Å². The molecule has 9 nitrogen and oxygen atoms in total. The van der Waals surface area contributed by atoms with Crippen molar-refractivity contribution >= 4 is 33.2 Å². The second-order valence-electron chi connectivity index (χ2n) is 11.0. The summed E-state index contributed by atoms with van der Waals surface area (Å²) < 4.78 is 71.5. The van der Waals surface area contributed by atoms with Gasteiger partial charge in [-0.05, 0) is 51.4 Å². The Morgan fingerprint density at radius 1 is 1.17 bits per heavy atom. The summed E-state index contributed by atoms with van der Waals surface area (Å²) >= 11 is 6.69. The molecule has 2 aromatic rings. The van der Waals surface area contributed by atoms with Crippen LogP contribution in [0.25, 0.3) is 11.3 Å². The Bertz CT molecular complexity index is 1340. The predicted molar refractivity (Wildman–Crippen MR) is 151 cm³/mol. The van der Waals surface area contributed by atoms with Crippen molar-refractivity contribution in [1.29, 1.82) is 0 Å². The molecule has 2 aliphatic rings. The number of sulfone groups is 1. The largest absolute Gasteiger partial charge is 0.496 e. The first-order valence-corrected chi connectivity index (χ1v) is 16.3. The average Bonchev–Trinajstić information content (AvgIpc) is 3.27. The molecule has 14 heteroatoms. The van der Waals surface area contributed by atoms with E-state index >= 15 is 0 Å². The van der Waals surface area contributed by atoms with Crippen molar-refractivity contribution in [1.82, 2.24) is 20.1 Å². The van der Waals surface area contributed by atoms with Gasteiger partial charge in [-0.2, -0.15) is 18.3 Å². The fraction of sp³-hybridized carbons (Fsp3) is 0.667. The predicted octanol–water partition coefficient (Wildman–Crippen LogP) is 5.49. The number of hydrogen-bond acceptors (Lipinski definition) is 7. The van der Waals surface area contributed by atoms with Gasteiger partial charge in [0.25, 0.3) is 5.91 Å². The summed E-state index contributed by atoms with van der Waals surface area (Å²) in [6.45, 7) is 2.60. The number of amides is 1. The summed E-state index contributed by atoms with van der Waals surface area (Å²) in [4.78, 5) is 17.4. The first-order valence-electron chi connectivity index (χ1n) is 13.9. The third-order valence-electron chi connectivity index (χ3n) is 8.22. The average molecular weight is 620 g/mol. The van der Waals surface area contributed by atoms with Gasteiger partial charge in [0.1, 0.15) is 21.4 Å². The van der Waals surface area contributed by atoms with Crippen LogP contribution in [0.4, 0.5) is 19.0 Å². The summed E-state index contributed by atoms with van der Waals surface area (Å²) in [6, 6.07) is 0.751. The minimum atomic E-state index is -4.30. The van der Waals surface area contributed by atoms with Crippen molar-refractivity contribution in [2.45, 2.75) is 82.3 Å². The minimum Gasteiger partial charge on any atom is -0.496 e. The van der Waals surface area contributed by atoms with E-state index in [0.29, 0.717) is 75.0 Å². The number of ether oxygens (including phenoxy) is 1. The Labute approximate surface area is 243 Å². The molecular formula is C27H37ClF3N5O4S. The molecule has 2 saturated carbocycles. The number of nitrogens with one attached hydrogen (secondary N) is 2. The summed E-state index contributed by atoms with van der Waals surface area (Å²) in [5.74, 6) is -1.15. The van der Waals surface area contributed by atoms with Crippen LogP contribution in [0.5, 0.6) is 5.75 Å². The van der Waals surface area contributed by atoms with Crippen molar-refractivity contribution in [3.05, 3.63) is 23.0 Å². The monoisotopic (exact) mass is 619 g/mol. The number of aromatic nitrogens is 3. The van der Waals surface area contributed by atoms with Gasteiger partial charge in [0.2, 0.25) is 0 Å². The fourth-order valence-electron chi connectivity index (χ4n) is 5.90. The number of aryl methyl sites for hydroxylation is 1. The molecule has 0 radical (unpaired) electrons. The normalized spacial score (nSPS) is 23.7. The SMILES string of the molecule is CCn1nc(C(=O)NCC2CCC(S(C)(=O)=O)CC2)c(Cl)c1-c1cnc(NC2CCCCC2C(F)(F)F)cc1OC. The van der Waals surface area contributed by atoms with Gasteiger partial charge in [0.15, 0.2) is 5.69 Å². The number of nitrogens with zero attached hydrogens (tertiary/aromatic N) is 3. The molecule has 2 aliphatic carbocycles. The van der Waals surface area contributed by atoms with Gasteiger partial charge in [0, 0.05) is 37.7 Å². The number of carbonyl (C=O) groups is 1. The maximum atomic E-state index is 13.6. The highest BCUT2D eigenvalue weighted by atomic mass is 35.5. The molecule has 2 aromatic heterocycles. The van der Waals surface area contributed by atoms with E-state index in [2.05, 4.69) is 20.7 Å². The van der Waals surface area contributed by atoms with E-state index in [1.807, 2.05) is 6.92 Å². The maximum Gasteiger partial charge on any atom is 0.393 e. The van der Waals surface area contributed by atoms with E-state index in [1.54, 1.807) is 4.68 Å². The zero-order valence-electron chi connectivity index (χ0n) is 23.4. The number of rotatable bonds is 9. The van der Waals surface area contributed by atoms with Gasteiger partial charge >= 0.3 is 6.18 Å². The fourth-order valence-corrected chi connectivity index (χ4v) is 7.36. The second kappa shape index (κ2) is 12.8. The van der Waals surface area contributed by atoms with Crippen LogP contribution >= 0.6 is 11.6 Å². The molecule has 2 unspecified atom stereocenters. The lowest BCUT2D eigenvalue weighted by Gasteiger charge is -2.33. The van der Waals surface area contributed by atoms with Crippen LogP contribution in [0.2, 0.25) is 5.02 Å². The van der Waals surface area contributed by atoms with Crippen molar-refractivity contribution in [2.24, 2.45) is 11.8 Å². The molecule has 2 fully saturated rings. The molecule has 2 atom stereocenters. The number of pyridine rings is 1. The van der Waals surface area contributed by atoms with E-state index < -0.39 is 33.9 Å². The van der Waals surface area contributed by atoms with Crippen LogP contribution in [0, 0.1) is 11.8 Å². The molecular weight excluding hydrogens is 583 g/mol. The standard InChI is InChI=1S/C27H37ClF3N5O4S/c1-4-36-25(23(28)24(35-36)26(37)33-14-16-9-11-17(12-10-16)41(3,38)39)18-15-32-22(13-21(18)40-2)34-20-8-6-5-7-19(20)27(29,30)31/h13,15-17,19-20H,4-12,14H2,1-3H3,(H,32,34)(H,33,37). The maximum absolute atomic E-state index is 13.6. The number of hydrogen-bond donors (Lipinski definition) is 2. The Hall–Kier alpha value is -2.54. The van der Waals surface area contributed by atoms with Crippen molar-refractivity contribution < 1.29 is 31.1 Å². The zero-order valence-corrected chi connectivity index (χ0v) is 25.0. The van der Waals surface area contributed by atoms with Gasteiger partial charge in [0.05, 0.1) is 34.6 Å². The quantitative estimate of drug-likeness (QED) is 0.381. The first-order chi connectivity index (χ1) is 19.3.